The Morgan fingerprint density at radius 2 is 1.71 bits per heavy atom. The van der Waals surface area contributed by atoms with Crippen molar-refractivity contribution in [3.05, 3.63) is 106 Å². The van der Waals surface area contributed by atoms with Gasteiger partial charge in [-0.1, -0.05) is 54.6 Å². The van der Waals surface area contributed by atoms with Crippen molar-refractivity contribution < 1.29 is 13.9 Å². The third kappa shape index (κ3) is 4.97. The van der Waals surface area contributed by atoms with Crippen LogP contribution >= 0.6 is 11.6 Å². The van der Waals surface area contributed by atoms with Gasteiger partial charge in [0, 0.05) is 13.7 Å². The molecule has 0 fully saturated rings. The summed E-state index contributed by atoms with van der Waals surface area (Å²) in [4.78, 5) is 33.4. The van der Waals surface area contributed by atoms with E-state index in [1.54, 1.807) is 55.5 Å². The summed E-state index contributed by atoms with van der Waals surface area (Å²) < 4.78 is 21.4. The first-order valence-electron chi connectivity index (χ1n) is 11.2. The molecule has 35 heavy (non-hydrogen) atoms. The minimum atomic E-state index is -0.954. The lowest BCUT2D eigenvalue weighted by Gasteiger charge is -2.32. The topological polar surface area (TPSA) is 64.4 Å². The van der Waals surface area contributed by atoms with Crippen molar-refractivity contribution in [2.75, 3.05) is 20.3 Å². The summed E-state index contributed by atoms with van der Waals surface area (Å²) in [7, 11) is 1.53. The van der Waals surface area contributed by atoms with E-state index in [0.29, 0.717) is 16.5 Å². The van der Waals surface area contributed by atoms with Gasteiger partial charge in [-0.25, -0.2) is 9.37 Å². The molecule has 0 saturated carbocycles. The summed E-state index contributed by atoms with van der Waals surface area (Å²) in [6, 6.07) is 21.1. The molecule has 1 heterocycles. The fourth-order valence-corrected chi connectivity index (χ4v) is 4.30. The average Bonchev–Trinajstić information content (AvgIpc) is 2.89. The Kier molecular flexibility index (Phi) is 7.58. The van der Waals surface area contributed by atoms with Crippen LogP contribution in [0.3, 0.4) is 0 Å². The van der Waals surface area contributed by atoms with Crippen molar-refractivity contribution in [2.24, 2.45) is 0 Å². The molecule has 0 radical (unpaired) electrons. The van der Waals surface area contributed by atoms with Crippen molar-refractivity contribution in [1.82, 2.24) is 14.5 Å². The summed E-state index contributed by atoms with van der Waals surface area (Å²) in [6.07, 6.45) is 0. The number of aromatic nitrogens is 2. The van der Waals surface area contributed by atoms with Crippen LogP contribution in [0.15, 0.2) is 83.7 Å². The minimum Gasteiger partial charge on any atom is -0.383 e. The van der Waals surface area contributed by atoms with E-state index in [0.717, 1.165) is 0 Å². The number of halogens is 2. The zero-order valence-corrected chi connectivity index (χ0v) is 20.2. The van der Waals surface area contributed by atoms with Gasteiger partial charge in [-0.3, -0.25) is 14.2 Å². The van der Waals surface area contributed by atoms with E-state index in [9.17, 15) is 14.0 Å². The predicted octanol–water partition coefficient (Wildman–Crippen LogP) is 5.04. The quantitative estimate of drug-likeness (QED) is 0.322. The number of para-hydroxylation sites is 2. The van der Waals surface area contributed by atoms with Gasteiger partial charge in [-0.2, -0.15) is 0 Å². The van der Waals surface area contributed by atoms with E-state index in [-0.39, 0.29) is 30.6 Å². The van der Waals surface area contributed by atoms with Crippen molar-refractivity contribution >= 4 is 28.4 Å². The molecule has 180 valence electrons. The van der Waals surface area contributed by atoms with Crippen molar-refractivity contribution in [2.45, 2.75) is 18.3 Å². The number of nitrogens with zero attached hydrogens (tertiary/aromatic N) is 3. The Labute approximate surface area is 207 Å². The van der Waals surface area contributed by atoms with E-state index < -0.39 is 22.8 Å². The van der Waals surface area contributed by atoms with Crippen molar-refractivity contribution in [3.8, 4) is 5.69 Å². The molecule has 0 spiro atoms. The van der Waals surface area contributed by atoms with E-state index in [2.05, 4.69) is 0 Å². The van der Waals surface area contributed by atoms with Gasteiger partial charge in [0.05, 0.1) is 29.2 Å². The Morgan fingerprint density at radius 3 is 2.43 bits per heavy atom. The standard InChI is InChI=1S/C27H25ClFN3O3/c1-18(31(16-17-35-2)27(34)24(28)19-10-4-3-5-11-19)25-30-22-14-8-6-12-20(22)26(33)32(25)23-15-9-7-13-21(23)29/h3-15,18,24H,16-17H2,1-2H3. The maximum absolute atomic E-state index is 14.9. The molecule has 0 aliphatic heterocycles. The maximum Gasteiger partial charge on any atom is 0.266 e. The third-order valence-corrected chi connectivity index (χ3v) is 6.30. The lowest BCUT2D eigenvalue weighted by molar-refractivity contribution is -0.134. The van der Waals surface area contributed by atoms with Crippen LogP contribution in [0.2, 0.25) is 0 Å². The van der Waals surface area contributed by atoms with Crippen LogP contribution in [0.5, 0.6) is 0 Å². The lowest BCUT2D eigenvalue weighted by Crippen LogP contribution is -2.41. The highest BCUT2D eigenvalue weighted by Gasteiger charge is 2.31. The highest BCUT2D eigenvalue weighted by atomic mass is 35.5. The normalized spacial score (nSPS) is 12.9. The Hall–Kier alpha value is -3.55. The van der Waals surface area contributed by atoms with Crippen LogP contribution in [0, 0.1) is 5.82 Å². The number of fused-ring (bicyclic) bond motifs is 1. The molecule has 0 aliphatic carbocycles. The Bertz CT molecular complexity index is 1390. The second-order valence-electron chi connectivity index (χ2n) is 8.05. The number of rotatable bonds is 8. The van der Waals surface area contributed by atoms with Gasteiger partial charge in [0.1, 0.15) is 17.0 Å². The summed E-state index contributed by atoms with van der Waals surface area (Å²) >= 11 is 6.59. The molecule has 6 nitrogen and oxygen atoms in total. The number of alkyl halides is 1. The Balaban J connectivity index is 1.88. The fourth-order valence-electron chi connectivity index (χ4n) is 4.03. The smallest absolute Gasteiger partial charge is 0.266 e. The molecule has 4 aromatic rings. The van der Waals surface area contributed by atoms with E-state index in [1.807, 2.05) is 18.2 Å². The highest BCUT2D eigenvalue weighted by Crippen LogP contribution is 2.29. The van der Waals surface area contributed by atoms with Crippen LogP contribution in [0.4, 0.5) is 4.39 Å². The van der Waals surface area contributed by atoms with E-state index >= 15 is 0 Å². The molecule has 3 aromatic carbocycles. The van der Waals surface area contributed by atoms with Crippen LogP contribution in [-0.2, 0) is 9.53 Å². The molecule has 0 bridgehead atoms. The molecule has 1 amide bonds. The van der Waals surface area contributed by atoms with E-state index in [1.165, 1.54) is 28.7 Å². The monoisotopic (exact) mass is 493 g/mol. The number of hydrogen-bond acceptors (Lipinski definition) is 4. The summed E-state index contributed by atoms with van der Waals surface area (Å²) in [5.41, 5.74) is 0.734. The summed E-state index contributed by atoms with van der Waals surface area (Å²) in [5, 5.41) is -0.606. The lowest BCUT2D eigenvalue weighted by atomic mass is 10.1. The first-order chi connectivity index (χ1) is 16.9. The summed E-state index contributed by atoms with van der Waals surface area (Å²) in [5.74, 6) is -0.723. The van der Waals surface area contributed by atoms with Gasteiger partial charge in [0.15, 0.2) is 0 Å². The molecule has 2 unspecified atom stereocenters. The van der Waals surface area contributed by atoms with Crippen molar-refractivity contribution in [1.29, 1.82) is 0 Å². The zero-order chi connectivity index (χ0) is 24.9. The van der Waals surface area contributed by atoms with Crippen LogP contribution in [0.1, 0.15) is 29.7 Å². The minimum absolute atomic E-state index is 0.0576. The van der Waals surface area contributed by atoms with Crippen molar-refractivity contribution in [3.63, 3.8) is 0 Å². The second kappa shape index (κ2) is 10.8. The van der Waals surface area contributed by atoms with Gasteiger partial charge in [0.2, 0.25) is 5.91 Å². The van der Waals surface area contributed by atoms with Crippen LogP contribution < -0.4 is 5.56 Å². The highest BCUT2D eigenvalue weighted by molar-refractivity contribution is 6.30. The SMILES string of the molecule is COCCN(C(=O)C(Cl)c1ccccc1)C(C)c1nc2ccccc2c(=O)n1-c1ccccc1F. The summed E-state index contributed by atoms with van der Waals surface area (Å²) in [6.45, 7) is 2.19. The molecule has 0 aliphatic rings. The van der Waals surface area contributed by atoms with Gasteiger partial charge in [0.25, 0.3) is 5.56 Å². The number of ether oxygens (including phenoxy) is 1. The molecular weight excluding hydrogens is 469 g/mol. The molecular formula is C27H25ClFN3O3. The molecule has 0 saturated heterocycles. The Morgan fingerprint density at radius 1 is 1.06 bits per heavy atom. The first-order valence-corrected chi connectivity index (χ1v) is 11.6. The van der Waals surface area contributed by atoms with Crippen LogP contribution in [0.25, 0.3) is 16.6 Å². The maximum atomic E-state index is 14.9. The number of methoxy groups -OCH3 is 1. The largest absolute Gasteiger partial charge is 0.383 e. The predicted molar refractivity (Wildman–Crippen MR) is 134 cm³/mol. The zero-order valence-electron chi connectivity index (χ0n) is 19.4. The number of carbonyl (C=O) groups excluding carboxylic acids is 1. The molecule has 8 heteroatoms. The number of carbonyl (C=O) groups is 1. The second-order valence-corrected chi connectivity index (χ2v) is 8.49. The van der Waals surface area contributed by atoms with Gasteiger partial charge >= 0.3 is 0 Å². The number of amides is 1. The molecule has 4 rings (SSSR count). The number of benzene rings is 3. The molecule has 1 aromatic heterocycles. The van der Waals surface area contributed by atoms with Gasteiger partial charge in [-0.05, 0) is 36.8 Å². The average molecular weight is 494 g/mol. The first kappa shape index (κ1) is 24.6. The van der Waals surface area contributed by atoms with Crippen LogP contribution in [-0.4, -0.2) is 40.6 Å². The van der Waals surface area contributed by atoms with Gasteiger partial charge in [-0.15, -0.1) is 11.6 Å². The third-order valence-electron chi connectivity index (χ3n) is 5.86. The number of hydrogen-bond donors (Lipinski definition) is 0. The fraction of sp³-hybridized carbons (Fsp3) is 0.222. The molecule has 2 atom stereocenters. The molecule has 0 N–H and O–H groups in total. The van der Waals surface area contributed by atoms with Gasteiger partial charge < -0.3 is 9.64 Å². The van der Waals surface area contributed by atoms with E-state index in [4.69, 9.17) is 21.3 Å².